The van der Waals surface area contributed by atoms with Crippen LogP contribution in [0.3, 0.4) is 0 Å². The lowest BCUT2D eigenvalue weighted by Gasteiger charge is -2.23. The molecule has 0 saturated heterocycles. The molecule has 0 unspecified atom stereocenters. The van der Waals surface area contributed by atoms with Gasteiger partial charge < -0.3 is 14.4 Å². The first-order valence-electron chi connectivity index (χ1n) is 9.79. The van der Waals surface area contributed by atoms with Crippen molar-refractivity contribution in [1.29, 1.82) is 0 Å². The number of aromatic carboxylic acids is 1. The summed E-state index contributed by atoms with van der Waals surface area (Å²) in [7, 11) is 1.80. The van der Waals surface area contributed by atoms with Gasteiger partial charge in [-0.15, -0.1) is 0 Å². The van der Waals surface area contributed by atoms with E-state index in [0.717, 1.165) is 17.3 Å². The number of oxazole rings is 1. The van der Waals surface area contributed by atoms with Crippen molar-refractivity contribution in [2.24, 2.45) is 0 Å². The summed E-state index contributed by atoms with van der Waals surface area (Å²) < 4.78 is 46.0. The van der Waals surface area contributed by atoms with Crippen molar-refractivity contribution in [3.8, 4) is 0 Å². The molecule has 2 heterocycles. The second kappa shape index (κ2) is 7.74. The van der Waals surface area contributed by atoms with E-state index in [9.17, 15) is 23.1 Å². The van der Waals surface area contributed by atoms with E-state index in [4.69, 9.17) is 4.42 Å². The van der Waals surface area contributed by atoms with E-state index in [1.165, 1.54) is 19.1 Å². The Bertz CT molecular complexity index is 1270. The first-order valence-corrected chi connectivity index (χ1v) is 9.79. The van der Waals surface area contributed by atoms with E-state index < -0.39 is 17.7 Å². The Morgan fingerprint density at radius 1 is 1.28 bits per heavy atom. The van der Waals surface area contributed by atoms with E-state index in [0.29, 0.717) is 18.7 Å². The normalized spacial score (nSPS) is 14.0. The molecule has 6 nitrogen and oxygen atoms in total. The van der Waals surface area contributed by atoms with Gasteiger partial charge >= 0.3 is 18.2 Å². The molecule has 1 aromatic heterocycles. The van der Waals surface area contributed by atoms with Crippen LogP contribution in [-0.4, -0.2) is 23.1 Å². The Labute approximate surface area is 181 Å². The highest BCUT2D eigenvalue weighted by Gasteiger charge is 2.34. The van der Waals surface area contributed by atoms with Gasteiger partial charge in [-0.1, -0.05) is 12.2 Å². The molecule has 0 fully saturated rings. The third kappa shape index (κ3) is 3.93. The summed E-state index contributed by atoms with van der Waals surface area (Å²) in [5.41, 5.74) is 1.61. The number of hydrogen-bond acceptors (Lipinski definition) is 5. The van der Waals surface area contributed by atoms with Gasteiger partial charge in [-0.05, 0) is 67.3 Å². The summed E-state index contributed by atoms with van der Waals surface area (Å²) in [6, 6.07) is 7.20. The van der Waals surface area contributed by atoms with Crippen LogP contribution in [0.4, 0.5) is 24.9 Å². The van der Waals surface area contributed by atoms with Gasteiger partial charge in [0.05, 0.1) is 11.1 Å². The van der Waals surface area contributed by atoms with Gasteiger partial charge in [-0.2, -0.15) is 18.2 Å². The minimum atomic E-state index is -4.55. The van der Waals surface area contributed by atoms with Crippen molar-refractivity contribution in [1.82, 2.24) is 4.98 Å². The maximum absolute atomic E-state index is 13.5. The first-order chi connectivity index (χ1) is 15.0. The average molecular weight is 443 g/mol. The Balaban J connectivity index is 1.68. The maximum atomic E-state index is 13.5. The molecule has 0 amide bonds. The Morgan fingerprint density at radius 2 is 2.03 bits per heavy atom. The van der Waals surface area contributed by atoms with Crippen molar-refractivity contribution in [2.75, 3.05) is 17.3 Å². The molecule has 2 N–H and O–H groups in total. The van der Waals surface area contributed by atoms with Crippen molar-refractivity contribution in [2.45, 2.75) is 25.9 Å². The highest BCUT2D eigenvalue weighted by molar-refractivity contribution is 5.89. The highest BCUT2D eigenvalue weighted by Crippen LogP contribution is 2.38. The second-order valence-corrected chi connectivity index (χ2v) is 7.62. The predicted molar refractivity (Wildman–Crippen MR) is 116 cm³/mol. The molecule has 0 saturated carbocycles. The highest BCUT2D eigenvalue weighted by atomic mass is 19.4. The van der Waals surface area contributed by atoms with Gasteiger partial charge in [0.15, 0.2) is 5.58 Å². The number of hydrogen-bond donors (Lipinski definition) is 2. The molecule has 3 aromatic rings. The standard InChI is InChI=1S/C23H20F3N3O3/c1-12(2)15-10-17-19(11-16(15)23(24,25)26)32-22(27-17)28-20-6-4-5-13-9-14(21(30)31)7-8-18(13)29(20)3/h6-11H,1,4-5H2,2-3H3,(H,27,28)(H,30,31). The number of rotatable bonds is 4. The number of carboxylic acids is 1. The molecule has 4 rings (SSSR count). The van der Waals surface area contributed by atoms with Crippen LogP contribution >= 0.6 is 0 Å². The van der Waals surface area contributed by atoms with E-state index in [-0.39, 0.29) is 33.8 Å². The fraction of sp³-hybridized carbons (Fsp3) is 0.217. The number of allylic oxidation sites excluding steroid dienone is 2. The van der Waals surface area contributed by atoms with E-state index in [2.05, 4.69) is 16.9 Å². The third-order valence-electron chi connectivity index (χ3n) is 5.33. The minimum Gasteiger partial charge on any atom is -0.478 e. The average Bonchev–Trinajstić information content (AvgIpc) is 3.05. The van der Waals surface area contributed by atoms with Crippen molar-refractivity contribution in [3.05, 3.63) is 71.1 Å². The third-order valence-corrected chi connectivity index (χ3v) is 5.33. The van der Waals surface area contributed by atoms with Crippen LogP contribution in [0, 0.1) is 0 Å². The van der Waals surface area contributed by atoms with Crippen LogP contribution in [-0.2, 0) is 12.6 Å². The molecule has 0 spiro atoms. The van der Waals surface area contributed by atoms with Crippen LogP contribution in [0.25, 0.3) is 16.7 Å². The molecular weight excluding hydrogens is 423 g/mol. The largest absolute Gasteiger partial charge is 0.478 e. The van der Waals surface area contributed by atoms with Crippen molar-refractivity contribution < 1.29 is 27.5 Å². The first kappa shape index (κ1) is 21.5. The Kier molecular flexibility index (Phi) is 5.20. The number of alkyl halides is 3. The lowest BCUT2D eigenvalue weighted by molar-refractivity contribution is -0.137. The number of benzene rings is 2. The number of carbonyl (C=O) groups is 1. The fourth-order valence-corrected chi connectivity index (χ4v) is 3.74. The minimum absolute atomic E-state index is 0.00759. The molecule has 2 aromatic carbocycles. The molecule has 166 valence electrons. The zero-order chi connectivity index (χ0) is 23.2. The van der Waals surface area contributed by atoms with Crippen molar-refractivity contribution in [3.63, 3.8) is 0 Å². The molecule has 1 aliphatic rings. The topological polar surface area (TPSA) is 78.6 Å². The van der Waals surface area contributed by atoms with Crippen LogP contribution < -0.4 is 10.2 Å². The smallest absolute Gasteiger partial charge is 0.417 e. The number of nitrogens with zero attached hydrogens (tertiary/aromatic N) is 2. The quantitative estimate of drug-likeness (QED) is 0.522. The molecule has 1 aliphatic heterocycles. The molecule has 0 atom stereocenters. The number of aryl methyl sites for hydroxylation is 1. The van der Waals surface area contributed by atoms with Gasteiger partial charge in [0.2, 0.25) is 0 Å². The zero-order valence-electron chi connectivity index (χ0n) is 17.4. The number of anilines is 2. The molecule has 0 aliphatic carbocycles. The lowest BCUT2D eigenvalue weighted by Crippen LogP contribution is -2.22. The number of fused-ring (bicyclic) bond motifs is 2. The van der Waals surface area contributed by atoms with E-state index in [1.807, 2.05) is 11.0 Å². The van der Waals surface area contributed by atoms with Gasteiger partial charge in [0, 0.05) is 12.7 Å². The predicted octanol–water partition coefficient (Wildman–Crippen LogP) is 5.91. The number of carboxylic acid groups (broad SMARTS) is 1. The number of aromatic nitrogens is 1. The molecule has 32 heavy (non-hydrogen) atoms. The number of nitrogens with one attached hydrogen (secondary N) is 1. The summed E-state index contributed by atoms with van der Waals surface area (Å²) in [6.45, 7) is 5.15. The van der Waals surface area contributed by atoms with Crippen LogP contribution in [0.2, 0.25) is 0 Å². The summed E-state index contributed by atoms with van der Waals surface area (Å²) >= 11 is 0. The summed E-state index contributed by atoms with van der Waals surface area (Å²) in [5, 5.41) is 12.3. The van der Waals surface area contributed by atoms with Gasteiger partial charge in [-0.3, -0.25) is 5.32 Å². The SMILES string of the molecule is C=C(C)c1cc2nc(NC3=CCCc4cc(C(=O)O)ccc4N3C)oc2cc1C(F)(F)F. The maximum Gasteiger partial charge on any atom is 0.417 e. The van der Waals surface area contributed by atoms with Gasteiger partial charge in [-0.25, -0.2) is 4.79 Å². The Morgan fingerprint density at radius 3 is 2.69 bits per heavy atom. The van der Waals surface area contributed by atoms with E-state index in [1.54, 1.807) is 19.2 Å². The lowest BCUT2D eigenvalue weighted by atomic mass is 10.0. The monoisotopic (exact) mass is 443 g/mol. The van der Waals surface area contributed by atoms with E-state index >= 15 is 0 Å². The van der Waals surface area contributed by atoms with Crippen LogP contribution in [0.5, 0.6) is 0 Å². The van der Waals surface area contributed by atoms with Crippen LogP contribution in [0.1, 0.15) is 40.4 Å². The molecule has 9 heteroatoms. The summed E-state index contributed by atoms with van der Waals surface area (Å²) in [4.78, 5) is 17.4. The molecule has 0 radical (unpaired) electrons. The molecule has 0 bridgehead atoms. The summed E-state index contributed by atoms with van der Waals surface area (Å²) in [5.74, 6) is -0.376. The molecular formula is C23H20F3N3O3. The summed E-state index contributed by atoms with van der Waals surface area (Å²) in [6.07, 6.45) is -1.39. The van der Waals surface area contributed by atoms with Crippen molar-refractivity contribution >= 4 is 34.3 Å². The van der Waals surface area contributed by atoms with Crippen LogP contribution in [0.15, 0.2) is 53.2 Å². The van der Waals surface area contributed by atoms with Gasteiger partial charge in [0.25, 0.3) is 0 Å². The number of halogens is 3. The fourth-order valence-electron chi connectivity index (χ4n) is 3.74. The Hall–Kier alpha value is -3.75. The van der Waals surface area contributed by atoms with Gasteiger partial charge in [0.1, 0.15) is 11.3 Å². The zero-order valence-corrected chi connectivity index (χ0v) is 17.4. The second-order valence-electron chi connectivity index (χ2n) is 7.62.